The van der Waals surface area contributed by atoms with Gasteiger partial charge in [-0.3, -0.25) is 9.59 Å². The molecular formula is C18H29N3O4S. The molecule has 7 nitrogen and oxygen atoms in total. The average Bonchev–Trinajstić information content (AvgIpc) is 2.55. The molecule has 1 aromatic heterocycles. The molecule has 1 heterocycles. The summed E-state index contributed by atoms with van der Waals surface area (Å²) in [5, 5.41) is 0.661. The third-order valence-electron chi connectivity index (χ3n) is 3.63. The second-order valence-corrected chi connectivity index (χ2v) is 8.13. The molecule has 1 aromatic rings. The lowest BCUT2D eigenvalue weighted by Crippen LogP contribution is -2.32. The van der Waals surface area contributed by atoms with Crippen molar-refractivity contribution in [3.8, 4) is 0 Å². The van der Waals surface area contributed by atoms with E-state index in [4.69, 9.17) is 10.5 Å². The molecule has 0 fully saturated rings. The molecule has 0 spiro atoms. The lowest BCUT2D eigenvalue weighted by atomic mass is 10.0. The monoisotopic (exact) mass is 383 g/mol. The number of hydrogen-bond donors (Lipinski definition) is 1. The van der Waals surface area contributed by atoms with E-state index in [2.05, 4.69) is 4.98 Å². The SMILES string of the molecule is CCSc1nc(=O)n(C(=O)CCCCOC(=O)CCC(C)(C)N)cc1C. The quantitative estimate of drug-likeness (QED) is 0.286. The number of rotatable bonds is 10. The van der Waals surface area contributed by atoms with Crippen LogP contribution in [0.2, 0.25) is 0 Å². The van der Waals surface area contributed by atoms with Crippen LogP contribution in [-0.4, -0.2) is 39.3 Å². The number of ether oxygens (including phenoxy) is 1. The molecule has 2 N–H and O–H groups in total. The van der Waals surface area contributed by atoms with Crippen LogP contribution in [0, 0.1) is 6.92 Å². The second kappa shape index (κ2) is 10.5. The van der Waals surface area contributed by atoms with Gasteiger partial charge in [-0.1, -0.05) is 6.92 Å². The Balaban J connectivity index is 2.38. The zero-order valence-corrected chi connectivity index (χ0v) is 16.9. The number of unbranched alkanes of at least 4 members (excludes halogenated alkanes) is 1. The molecular weight excluding hydrogens is 354 g/mol. The summed E-state index contributed by atoms with van der Waals surface area (Å²) in [6, 6.07) is 0. The van der Waals surface area contributed by atoms with E-state index >= 15 is 0 Å². The lowest BCUT2D eigenvalue weighted by molar-refractivity contribution is -0.144. The van der Waals surface area contributed by atoms with Gasteiger partial charge < -0.3 is 10.5 Å². The van der Waals surface area contributed by atoms with E-state index in [0.29, 0.717) is 24.3 Å². The molecule has 0 amide bonds. The van der Waals surface area contributed by atoms with Crippen LogP contribution in [0.15, 0.2) is 16.0 Å². The summed E-state index contributed by atoms with van der Waals surface area (Å²) in [6.07, 6.45) is 3.69. The number of esters is 1. The van der Waals surface area contributed by atoms with E-state index in [9.17, 15) is 14.4 Å². The van der Waals surface area contributed by atoms with Crippen LogP contribution in [0.3, 0.4) is 0 Å². The molecule has 0 aliphatic heterocycles. The van der Waals surface area contributed by atoms with Crippen molar-refractivity contribution >= 4 is 23.6 Å². The van der Waals surface area contributed by atoms with Crippen molar-refractivity contribution in [3.63, 3.8) is 0 Å². The Morgan fingerprint density at radius 2 is 2.00 bits per heavy atom. The minimum atomic E-state index is -0.549. The Hall–Kier alpha value is -1.67. The molecule has 1 rings (SSSR count). The van der Waals surface area contributed by atoms with E-state index in [1.807, 2.05) is 27.7 Å². The fourth-order valence-corrected chi connectivity index (χ4v) is 2.87. The minimum Gasteiger partial charge on any atom is -0.466 e. The van der Waals surface area contributed by atoms with Gasteiger partial charge in [-0.2, -0.15) is 4.98 Å². The highest BCUT2D eigenvalue weighted by atomic mass is 32.2. The molecule has 0 aliphatic rings. The van der Waals surface area contributed by atoms with E-state index in [-0.39, 0.29) is 31.3 Å². The number of aromatic nitrogens is 2. The first-order chi connectivity index (χ1) is 12.1. The van der Waals surface area contributed by atoms with Gasteiger partial charge in [-0.05, 0) is 51.3 Å². The van der Waals surface area contributed by atoms with Gasteiger partial charge in [0.1, 0.15) is 5.03 Å². The van der Waals surface area contributed by atoms with Crippen molar-refractivity contribution in [2.75, 3.05) is 12.4 Å². The standard InChI is InChI=1S/C18H29N3O4S/c1-5-26-16-13(2)12-21(17(24)20-16)14(22)8-6-7-11-25-15(23)9-10-18(3,4)19/h12H,5-11,19H2,1-4H3. The first-order valence-electron chi connectivity index (χ1n) is 8.85. The van der Waals surface area contributed by atoms with Crippen LogP contribution in [0.1, 0.15) is 63.2 Å². The molecule has 8 heteroatoms. The normalized spacial score (nSPS) is 11.4. The number of hydrogen-bond acceptors (Lipinski definition) is 7. The predicted molar refractivity (Wildman–Crippen MR) is 103 cm³/mol. The molecule has 0 unspecified atom stereocenters. The van der Waals surface area contributed by atoms with Gasteiger partial charge in [0.05, 0.1) is 6.61 Å². The van der Waals surface area contributed by atoms with Gasteiger partial charge in [0, 0.05) is 24.6 Å². The van der Waals surface area contributed by atoms with E-state index in [1.165, 1.54) is 11.8 Å². The van der Waals surface area contributed by atoms with Crippen LogP contribution in [0.5, 0.6) is 0 Å². The first kappa shape index (κ1) is 22.4. The highest BCUT2D eigenvalue weighted by Crippen LogP contribution is 2.17. The third kappa shape index (κ3) is 8.14. The Bertz CT molecular complexity index is 680. The molecule has 26 heavy (non-hydrogen) atoms. The van der Waals surface area contributed by atoms with Crippen molar-refractivity contribution in [2.45, 2.75) is 70.4 Å². The molecule has 146 valence electrons. The molecule has 0 bridgehead atoms. The van der Waals surface area contributed by atoms with Crippen molar-refractivity contribution in [1.82, 2.24) is 9.55 Å². The fourth-order valence-electron chi connectivity index (χ4n) is 2.18. The highest BCUT2D eigenvalue weighted by Gasteiger charge is 2.14. The number of carbonyl (C=O) groups excluding carboxylic acids is 2. The Labute approximate surface area is 158 Å². The van der Waals surface area contributed by atoms with Gasteiger partial charge in [0.15, 0.2) is 0 Å². The smallest absolute Gasteiger partial charge is 0.355 e. The summed E-state index contributed by atoms with van der Waals surface area (Å²) in [6.45, 7) is 7.79. The number of carbonyl (C=O) groups is 2. The maximum Gasteiger partial charge on any atom is 0.355 e. The Kier molecular flexibility index (Phi) is 9.01. The molecule has 0 atom stereocenters. The molecule has 0 radical (unpaired) electrons. The third-order valence-corrected chi connectivity index (χ3v) is 4.61. The van der Waals surface area contributed by atoms with Crippen molar-refractivity contribution in [3.05, 3.63) is 22.2 Å². The van der Waals surface area contributed by atoms with Gasteiger partial charge >= 0.3 is 11.7 Å². The average molecular weight is 384 g/mol. The Morgan fingerprint density at radius 1 is 1.31 bits per heavy atom. The van der Waals surface area contributed by atoms with E-state index in [1.54, 1.807) is 6.20 Å². The Morgan fingerprint density at radius 3 is 2.62 bits per heavy atom. The zero-order valence-electron chi connectivity index (χ0n) is 16.0. The topological polar surface area (TPSA) is 104 Å². The largest absolute Gasteiger partial charge is 0.466 e. The summed E-state index contributed by atoms with van der Waals surface area (Å²) in [7, 11) is 0. The molecule has 0 saturated carbocycles. The number of aryl methyl sites for hydroxylation is 1. The highest BCUT2D eigenvalue weighted by molar-refractivity contribution is 7.99. The maximum atomic E-state index is 12.2. The molecule has 0 saturated heterocycles. The van der Waals surface area contributed by atoms with Gasteiger partial charge in [0.2, 0.25) is 5.91 Å². The van der Waals surface area contributed by atoms with Crippen molar-refractivity contribution in [1.29, 1.82) is 0 Å². The zero-order chi connectivity index (χ0) is 19.7. The van der Waals surface area contributed by atoms with Crippen LogP contribution in [-0.2, 0) is 9.53 Å². The van der Waals surface area contributed by atoms with Crippen LogP contribution in [0.4, 0.5) is 0 Å². The summed E-state index contributed by atoms with van der Waals surface area (Å²) >= 11 is 1.48. The van der Waals surface area contributed by atoms with Crippen molar-refractivity contribution < 1.29 is 14.3 Å². The maximum absolute atomic E-state index is 12.2. The molecule has 0 aliphatic carbocycles. The lowest BCUT2D eigenvalue weighted by Gasteiger charge is -2.17. The van der Waals surface area contributed by atoms with Crippen LogP contribution in [0.25, 0.3) is 0 Å². The van der Waals surface area contributed by atoms with E-state index in [0.717, 1.165) is 15.9 Å². The number of nitrogens with two attached hydrogens (primary N) is 1. The van der Waals surface area contributed by atoms with Crippen LogP contribution >= 0.6 is 11.8 Å². The summed E-state index contributed by atoms with van der Waals surface area (Å²) in [4.78, 5) is 39.7. The number of thioether (sulfide) groups is 1. The van der Waals surface area contributed by atoms with Gasteiger partial charge in [-0.15, -0.1) is 11.8 Å². The second-order valence-electron chi connectivity index (χ2n) is 6.87. The van der Waals surface area contributed by atoms with E-state index < -0.39 is 11.2 Å². The first-order valence-corrected chi connectivity index (χ1v) is 9.83. The molecule has 0 aromatic carbocycles. The van der Waals surface area contributed by atoms with Gasteiger partial charge in [-0.25, -0.2) is 9.36 Å². The summed E-state index contributed by atoms with van der Waals surface area (Å²) in [5.74, 6) is 0.233. The fraction of sp³-hybridized carbons (Fsp3) is 0.667. The predicted octanol–water partition coefficient (Wildman–Crippen LogP) is 2.53. The summed E-state index contributed by atoms with van der Waals surface area (Å²) in [5.41, 5.74) is 5.68. The van der Waals surface area contributed by atoms with Gasteiger partial charge in [0.25, 0.3) is 0 Å². The summed E-state index contributed by atoms with van der Waals surface area (Å²) < 4.78 is 6.18. The van der Waals surface area contributed by atoms with Crippen molar-refractivity contribution in [2.24, 2.45) is 5.73 Å². The van der Waals surface area contributed by atoms with Crippen LogP contribution < -0.4 is 11.4 Å². The minimum absolute atomic E-state index is 0.203. The number of nitrogens with zero attached hydrogens (tertiary/aromatic N) is 2.